The second kappa shape index (κ2) is 4.53. The maximum absolute atomic E-state index is 5.68. The molecule has 0 aliphatic heterocycles. The van der Waals surface area contributed by atoms with E-state index in [1.807, 2.05) is 12.1 Å². The average Bonchev–Trinajstić information content (AvgIpc) is 2.85. The van der Waals surface area contributed by atoms with E-state index in [4.69, 9.17) is 26.3 Å². The lowest BCUT2D eigenvalue weighted by molar-refractivity contribution is 0.390. The van der Waals surface area contributed by atoms with E-state index in [-0.39, 0.29) is 6.04 Å². The van der Waals surface area contributed by atoms with Crippen molar-refractivity contribution in [3.05, 3.63) is 47.3 Å². The highest BCUT2D eigenvalue weighted by Crippen LogP contribution is 2.22. The van der Waals surface area contributed by atoms with E-state index in [1.165, 1.54) is 0 Å². The molecule has 80 valence electrons. The first-order chi connectivity index (χ1) is 7.29. The number of hydrogen-bond donors (Lipinski definition) is 2. The molecule has 1 unspecified atom stereocenters. The Morgan fingerprint density at radius 1 is 1.40 bits per heavy atom. The van der Waals surface area contributed by atoms with Crippen molar-refractivity contribution in [3.8, 4) is 0 Å². The third kappa shape index (κ3) is 2.41. The molecule has 0 amide bonds. The van der Waals surface area contributed by atoms with E-state index in [2.05, 4.69) is 5.43 Å². The molecule has 4 nitrogen and oxygen atoms in total. The molecule has 5 heteroatoms. The zero-order chi connectivity index (χ0) is 10.7. The highest BCUT2D eigenvalue weighted by molar-refractivity contribution is 6.28. The number of nitrogens with two attached hydrogens (primary N) is 1. The van der Waals surface area contributed by atoms with Crippen molar-refractivity contribution in [1.82, 2.24) is 5.43 Å². The van der Waals surface area contributed by atoms with Gasteiger partial charge in [-0.25, -0.2) is 5.43 Å². The maximum Gasteiger partial charge on any atom is 0.193 e. The van der Waals surface area contributed by atoms with Gasteiger partial charge in [-0.15, -0.1) is 0 Å². The van der Waals surface area contributed by atoms with Gasteiger partial charge in [0.05, 0.1) is 12.3 Å². The molecule has 0 aromatic carbocycles. The van der Waals surface area contributed by atoms with Crippen molar-refractivity contribution in [2.75, 3.05) is 0 Å². The van der Waals surface area contributed by atoms with E-state index >= 15 is 0 Å². The second-order valence-corrected chi connectivity index (χ2v) is 3.52. The molecule has 2 rings (SSSR count). The van der Waals surface area contributed by atoms with Crippen LogP contribution in [0.15, 0.2) is 39.4 Å². The van der Waals surface area contributed by atoms with Gasteiger partial charge < -0.3 is 8.83 Å². The van der Waals surface area contributed by atoms with Crippen molar-refractivity contribution in [1.29, 1.82) is 0 Å². The van der Waals surface area contributed by atoms with Crippen LogP contribution in [0.4, 0.5) is 0 Å². The Balaban J connectivity index is 2.11. The first-order valence-corrected chi connectivity index (χ1v) is 4.91. The summed E-state index contributed by atoms with van der Waals surface area (Å²) in [5.74, 6) is 6.97. The normalized spacial score (nSPS) is 12.9. The Kier molecular flexibility index (Phi) is 3.11. The first-order valence-electron chi connectivity index (χ1n) is 4.53. The largest absolute Gasteiger partial charge is 0.469 e. The van der Waals surface area contributed by atoms with Crippen molar-refractivity contribution in [2.24, 2.45) is 5.84 Å². The zero-order valence-electron chi connectivity index (χ0n) is 7.94. The molecule has 0 saturated carbocycles. The lowest BCUT2D eigenvalue weighted by atomic mass is 10.1. The van der Waals surface area contributed by atoms with Crippen molar-refractivity contribution < 1.29 is 8.83 Å². The van der Waals surface area contributed by atoms with Crippen LogP contribution in [0.2, 0.25) is 5.22 Å². The van der Waals surface area contributed by atoms with Crippen molar-refractivity contribution in [3.63, 3.8) is 0 Å². The van der Waals surface area contributed by atoms with E-state index in [0.29, 0.717) is 17.4 Å². The Morgan fingerprint density at radius 2 is 2.27 bits per heavy atom. The maximum atomic E-state index is 5.68. The SMILES string of the molecule is NNC(Cc1ccco1)c1ccc(Cl)o1. The predicted molar refractivity (Wildman–Crippen MR) is 56.2 cm³/mol. The van der Waals surface area contributed by atoms with Gasteiger partial charge in [-0.05, 0) is 35.9 Å². The lowest BCUT2D eigenvalue weighted by Crippen LogP contribution is -2.29. The number of nitrogens with one attached hydrogen (secondary N) is 1. The minimum Gasteiger partial charge on any atom is -0.469 e. The van der Waals surface area contributed by atoms with Gasteiger partial charge in [0.1, 0.15) is 11.5 Å². The molecule has 1 atom stereocenters. The highest BCUT2D eigenvalue weighted by atomic mass is 35.5. The Morgan fingerprint density at radius 3 is 2.80 bits per heavy atom. The molecule has 0 aliphatic carbocycles. The number of hydrogen-bond acceptors (Lipinski definition) is 4. The van der Waals surface area contributed by atoms with Gasteiger partial charge in [-0.1, -0.05) is 0 Å². The fourth-order valence-corrected chi connectivity index (χ4v) is 1.54. The minimum absolute atomic E-state index is 0.136. The summed E-state index contributed by atoms with van der Waals surface area (Å²) in [4.78, 5) is 0. The van der Waals surface area contributed by atoms with E-state index < -0.39 is 0 Å². The van der Waals surface area contributed by atoms with Gasteiger partial charge in [-0.3, -0.25) is 5.84 Å². The Labute approximate surface area is 92.0 Å². The predicted octanol–water partition coefficient (Wildman–Crippen LogP) is 2.27. The average molecular weight is 227 g/mol. The molecule has 0 saturated heterocycles. The molecule has 0 fully saturated rings. The summed E-state index contributed by atoms with van der Waals surface area (Å²) in [6.07, 6.45) is 2.24. The summed E-state index contributed by atoms with van der Waals surface area (Å²) in [5, 5.41) is 0.352. The third-order valence-corrected chi connectivity index (χ3v) is 2.33. The van der Waals surface area contributed by atoms with Crippen molar-refractivity contribution in [2.45, 2.75) is 12.5 Å². The number of halogens is 1. The molecule has 0 bridgehead atoms. The van der Waals surface area contributed by atoms with E-state index in [1.54, 1.807) is 18.4 Å². The van der Waals surface area contributed by atoms with E-state index in [9.17, 15) is 0 Å². The van der Waals surface area contributed by atoms with Crippen LogP contribution in [0.3, 0.4) is 0 Å². The number of rotatable bonds is 4. The smallest absolute Gasteiger partial charge is 0.193 e. The summed E-state index contributed by atoms with van der Waals surface area (Å²) >= 11 is 5.68. The molecular weight excluding hydrogens is 216 g/mol. The summed E-state index contributed by atoms with van der Waals surface area (Å²) in [5.41, 5.74) is 2.66. The third-order valence-electron chi connectivity index (χ3n) is 2.12. The van der Waals surface area contributed by atoms with Crippen LogP contribution in [-0.4, -0.2) is 0 Å². The fraction of sp³-hybridized carbons (Fsp3) is 0.200. The molecule has 0 spiro atoms. The quantitative estimate of drug-likeness (QED) is 0.620. The summed E-state index contributed by atoms with van der Waals surface area (Å²) in [6.45, 7) is 0. The van der Waals surface area contributed by atoms with Gasteiger partial charge in [0.2, 0.25) is 0 Å². The van der Waals surface area contributed by atoms with Gasteiger partial charge in [0.15, 0.2) is 5.22 Å². The van der Waals surface area contributed by atoms with Crippen LogP contribution in [0.5, 0.6) is 0 Å². The summed E-state index contributed by atoms with van der Waals surface area (Å²) in [6, 6.07) is 7.05. The Bertz CT molecular complexity index is 411. The standard InChI is InChI=1S/C10H11ClN2O2/c11-10-4-3-9(15-10)8(13-12)6-7-2-1-5-14-7/h1-5,8,13H,6,12H2. The van der Waals surface area contributed by atoms with Gasteiger partial charge in [0.25, 0.3) is 0 Å². The topological polar surface area (TPSA) is 64.3 Å². The molecular formula is C10H11ClN2O2. The fourth-order valence-electron chi connectivity index (χ4n) is 1.39. The summed E-state index contributed by atoms with van der Waals surface area (Å²) in [7, 11) is 0. The van der Waals surface area contributed by atoms with Crippen LogP contribution in [0.1, 0.15) is 17.6 Å². The highest BCUT2D eigenvalue weighted by Gasteiger charge is 2.15. The molecule has 2 aromatic rings. The van der Waals surface area contributed by atoms with Crippen LogP contribution in [-0.2, 0) is 6.42 Å². The first kappa shape index (κ1) is 10.3. The molecule has 0 aliphatic rings. The van der Waals surface area contributed by atoms with Crippen LogP contribution in [0, 0.1) is 0 Å². The molecule has 15 heavy (non-hydrogen) atoms. The Hall–Kier alpha value is -1.23. The van der Waals surface area contributed by atoms with Crippen LogP contribution < -0.4 is 11.3 Å². The van der Waals surface area contributed by atoms with E-state index in [0.717, 1.165) is 5.76 Å². The number of furan rings is 2. The zero-order valence-corrected chi connectivity index (χ0v) is 8.70. The molecule has 3 N–H and O–H groups in total. The monoisotopic (exact) mass is 226 g/mol. The summed E-state index contributed by atoms with van der Waals surface area (Å²) < 4.78 is 10.5. The van der Waals surface area contributed by atoms with Crippen LogP contribution >= 0.6 is 11.6 Å². The van der Waals surface area contributed by atoms with Gasteiger partial charge in [-0.2, -0.15) is 0 Å². The van der Waals surface area contributed by atoms with Crippen molar-refractivity contribution >= 4 is 11.6 Å². The van der Waals surface area contributed by atoms with Gasteiger partial charge >= 0.3 is 0 Å². The molecule has 0 radical (unpaired) electrons. The van der Waals surface area contributed by atoms with Gasteiger partial charge in [0, 0.05) is 6.42 Å². The number of hydrazine groups is 1. The van der Waals surface area contributed by atoms with Crippen LogP contribution in [0.25, 0.3) is 0 Å². The molecule has 2 aromatic heterocycles. The lowest BCUT2D eigenvalue weighted by Gasteiger charge is -2.10. The minimum atomic E-state index is -0.136. The molecule has 2 heterocycles. The second-order valence-electron chi connectivity index (χ2n) is 3.14.